The summed E-state index contributed by atoms with van der Waals surface area (Å²) in [6, 6.07) is 0.142. The van der Waals surface area contributed by atoms with Crippen LogP contribution in [0, 0.1) is 5.92 Å². The molecule has 1 saturated heterocycles. The minimum atomic E-state index is -4.63. The number of alkyl halides is 3. The van der Waals surface area contributed by atoms with Gasteiger partial charge in [-0.3, -0.25) is 14.4 Å². The Kier molecular flexibility index (Phi) is 4.51. The van der Waals surface area contributed by atoms with Crippen LogP contribution in [-0.2, 0) is 13.2 Å². The molecule has 0 aliphatic carbocycles. The molecule has 1 aliphatic rings. The number of aryl methyl sites for hydroxylation is 1. The van der Waals surface area contributed by atoms with E-state index >= 15 is 0 Å². The summed E-state index contributed by atoms with van der Waals surface area (Å²) in [5, 5.41) is 3.40. The van der Waals surface area contributed by atoms with Crippen molar-refractivity contribution < 1.29 is 18.0 Å². The maximum atomic E-state index is 13.0. The predicted octanol–water partition coefficient (Wildman–Crippen LogP) is 1.85. The van der Waals surface area contributed by atoms with Crippen molar-refractivity contribution in [3.63, 3.8) is 0 Å². The second-order valence-electron chi connectivity index (χ2n) is 6.11. The minimum absolute atomic E-state index is 0.142. The molecule has 2 heterocycles. The molecule has 0 aromatic carbocycles. The number of carbonyl (C=O) groups excluding carboxylic acids is 1. The Bertz CT molecular complexity index is 553. The van der Waals surface area contributed by atoms with Crippen LogP contribution in [0.25, 0.3) is 0 Å². The van der Waals surface area contributed by atoms with E-state index in [-0.39, 0.29) is 11.6 Å². The van der Waals surface area contributed by atoms with Gasteiger partial charge in [0.25, 0.3) is 5.91 Å². The quantitative estimate of drug-likeness (QED) is 0.836. The molecule has 2 rings (SSSR count). The first-order valence-corrected chi connectivity index (χ1v) is 7.21. The Morgan fingerprint density at radius 3 is 2.50 bits per heavy atom. The molecule has 0 radical (unpaired) electrons. The topological polar surface area (TPSA) is 41.4 Å². The second-order valence-corrected chi connectivity index (χ2v) is 6.11. The van der Waals surface area contributed by atoms with Crippen LogP contribution in [0.4, 0.5) is 13.2 Å². The van der Waals surface area contributed by atoms with E-state index < -0.39 is 17.8 Å². The van der Waals surface area contributed by atoms with E-state index in [2.05, 4.69) is 10.00 Å². The van der Waals surface area contributed by atoms with E-state index in [4.69, 9.17) is 0 Å². The van der Waals surface area contributed by atoms with Crippen molar-refractivity contribution in [3.8, 4) is 0 Å². The molecular formula is C14H21F3N4O. The molecule has 0 unspecified atom stereocenters. The van der Waals surface area contributed by atoms with Gasteiger partial charge in [-0.25, -0.2) is 0 Å². The molecule has 0 spiro atoms. The summed E-state index contributed by atoms with van der Waals surface area (Å²) in [4.78, 5) is 16.1. The van der Waals surface area contributed by atoms with Gasteiger partial charge in [-0.1, -0.05) is 13.8 Å². The lowest BCUT2D eigenvalue weighted by Crippen LogP contribution is -2.55. The van der Waals surface area contributed by atoms with Gasteiger partial charge in [0.05, 0.1) is 5.56 Å². The van der Waals surface area contributed by atoms with Gasteiger partial charge in [-0.2, -0.15) is 18.3 Å². The second kappa shape index (κ2) is 5.91. The minimum Gasteiger partial charge on any atom is -0.336 e. The van der Waals surface area contributed by atoms with Crippen molar-refractivity contribution in [3.05, 3.63) is 17.5 Å². The molecule has 5 nitrogen and oxygen atoms in total. The first-order chi connectivity index (χ1) is 10.1. The van der Waals surface area contributed by atoms with Crippen LogP contribution >= 0.6 is 0 Å². The molecule has 8 heteroatoms. The van der Waals surface area contributed by atoms with Crippen LogP contribution in [0.2, 0.25) is 0 Å². The Labute approximate surface area is 127 Å². The number of nitrogens with zero attached hydrogens (tertiary/aromatic N) is 4. The fourth-order valence-electron chi connectivity index (χ4n) is 2.83. The predicted molar refractivity (Wildman–Crippen MR) is 75.4 cm³/mol. The molecular weight excluding hydrogens is 297 g/mol. The highest BCUT2D eigenvalue weighted by Gasteiger charge is 2.40. The van der Waals surface area contributed by atoms with E-state index in [0.717, 1.165) is 10.9 Å². The van der Waals surface area contributed by atoms with E-state index in [1.54, 1.807) is 0 Å². The number of likely N-dealkylation sites (N-methyl/N-ethyl adjacent to an activating group) is 1. The van der Waals surface area contributed by atoms with Crippen LogP contribution in [0.5, 0.6) is 0 Å². The summed E-state index contributed by atoms with van der Waals surface area (Å²) in [6.45, 7) is 5.58. The maximum absolute atomic E-state index is 13.0. The van der Waals surface area contributed by atoms with Crippen molar-refractivity contribution >= 4 is 5.91 Å². The summed E-state index contributed by atoms with van der Waals surface area (Å²) >= 11 is 0. The normalized spacial score (nSPS) is 20.7. The molecule has 22 heavy (non-hydrogen) atoms. The Morgan fingerprint density at radius 2 is 1.95 bits per heavy atom. The molecule has 0 saturated carbocycles. The van der Waals surface area contributed by atoms with Gasteiger partial charge < -0.3 is 4.90 Å². The lowest BCUT2D eigenvalue weighted by Gasteiger charge is -2.41. The largest absolute Gasteiger partial charge is 0.435 e. The maximum Gasteiger partial charge on any atom is 0.435 e. The third-order valence-electron chi connectivity index (χ3n) is 4.08. The van der Waals surface area contributed by atoms with Crippen LogP contribution < -0.4 is 0 Å². The van der Waals surface area contributed by atoms with Gasteiger partial charge in [-0.15, -0.1) is 0 Å². The average Bonchev–Trinajstić information content (AvgIpc) is 2.80. The van der Waals surface area contributed by atoms with Crippen LogP contribution in [0.1, 0.15) is 29.9 Å². The van der Waals surface area contributed by atoms with Crippen molar-refractivity contribution in [2.45, 2.75) is 26.1 Å². The molecule has 124 valence electrons. The molecule has 1 aliphatic heterocycles. The van der Waals surface area contributed by atoms with Crippen molar-refractivity contribution in [1.29, 1.82) is 0 Å². The summed E-state index contributed by atoms with van der Waals surface area (Å²) < 4.78 is 40.0. The molecule has 1 atom stereocenters. The van der Waals surface area contributed by atoms with Gasteiger partial charge in [0.1, 0.15) is 0 Å². The summed E-state index contributed by atoms with van der Waals surface area (Å²) in [7, 11) is 3.35. The number of rotatable bonds is 2. The number of hydrogen-bond donors (Lipinski definition) is 0. The van der Waals surface area contributed by atoms with Gasteiger partial charge >= 0.3 is 6.18 Å². The van der Waals surface area contributed by atoms with Crippen molar-refractivity contribution in [2.75, 3.05) is 26.7 Å². The van der Waals surface area contributed by atoms with Crippen LogP contribution in [0.15, 0.2) is 6.20 Å². The number of amides is 1. The third-order valence-corrected chi connectivity index (χ3v) is 4.08. The van der Waals surface area contributed by atoms with Crippen molar-refractivity contribution in [1.82, 2.24) is 19.6 Å². The van der Waals surface area contributed by atoms with E-state index in [9.17, 15) is 18.0 Å². The Balaban J connectivity index is 2.26. The zero-order valence-electron chi connectivity index (χ0n) is 13.2. The number of aromatic nitrogens is 2. The van der Waals surface area contributed by atoms with Gasteiger partial charge in [-0.05, 0) is 13.0 Å². The first-order valence-electron chi connectivity index (χ1n) is 7.21. The fourth-order valence-corrected chi connectivity index (χ4v) is 2.83. The summed E-state index contributed by atoms with van der Waals surface area (Å²) in [6.07, 6.45) is -3.48. The number of piperazine rings is 1. The zero-order chi connectivity index (χ0) is 16.7. The highest BCUT2D eigenvalue weighted by atomic mass is 19.4. The summed E-state index contributed by atoms with van der Waals surface area (Å²) in [5.74, 6) is -0.282. The van der Waals surface area contributed by atoms with Crippen LogP contribution in [-0.4, -0.2) is 58.2 Å². The van der Waals surface area contributed by atoms with E-state index in [1.165, 1.54) is 11.9 Å². The number of carbonyl (C=O) groups is 1. The monoisotopic (exact) mass is 318 g/mol. The van der Waals surface area contributed by atoms with Crippen molar-refractivity contribution in [2.24, 2.45) is 13.0 Å². The van der Waals surface area contributed by atoms with E-state index in [1.807, 2.05) is 20.9 Å². The SMILES string of the molecule is CC(C)[C@@H]1CN(C(=O)c2cn(C)nc2C(F)(F)F)CCN1C. The lowest BCUT2D eigenvalue weighted by atomic mass is 9.99. The standard InChI is InChI=1S/C14H21F3N4O/c1-9(2)11-8-21(6-5-19(11)3)13(22)10-7-20(4)18-12(10)14(15,16)17/h7,9,11H,5-6,8H2,1-4H3/t11-/m0/s1. The molecule has 1 aromatic rings. The smallest absolute Gasteiger partial charge is 0.336 e. The Morgan fingerprint density at radius 1 is 1.32 bits per heavy atom. The summed E-state index contributed by atoms with van der Waals surface area (Å²) in [5.41, 5.74) is -1.48. The number of hydrogen-bond acceptors (Lipinski definition) is 3. The molecule has 1 fully saturated rings. The average molecular weight is 318 g/mol. The van der Waals surface area contributed by atoms with Gasteiger partial charge in [0.15, 0.2) is 5.69 Å². The molecule has 1 amide bonds. The zero-order valence-corrected chi connectivity index (χ0v) is 13.2. The molecule has 1 aromatic heterocycles. The third kappa shape index (κ3) is 3.26. The fraction of sp³-hybridized carbons (Fsp3) is 0.714. The highest BCUT2D eigenvalue weighted by Crippen LogP contribution is 2.31. The first kappa shape index (κ1) is 16.8. The van der Waals surface area contributed by atoms with Gasteiger partial charge in [0.2, 0.25) is 0 Å². The highest BCUT2D eigenvalue weighted by molar-refractivity contribution is 5.95. The lowest BCUT2D eigenvalue weighted by molar-refractivity contribution is -0.141. The van der Waals surface area contributed by atoms with Gasteiger partial charge in [0, 0.05) is 38.9 Å². The number of halogens is 3. The molecule has 0 N–H and O–H groups in total. The van der Waals surface area contributed by atoms with Crippen LogP contribution in [0.3, 0.4) is 0 Å². The Hall–Kier alpha value is -1.57. The van der Waals surface area contributed by atoms with E-state index in [0.29, 0.717) is 25.6 Å². The molecule has 0 bridgehead atoms.